The number of nitrogens with zero attached hydrogens (tertiary/aromatic N) is 2. The Morgan fingerprint density at radius 2 is 1.18 bits per heavy atom. The number of para-hydroxylation sites is 1. The van der Waals surface area contributed by atoms with E-state index in [2.05, 4.69) is 202 Å². The van der Waals surface area contributed by atoms with Crippen molar-refractivity contribution >= 4 is 78.6 Å². The Morgan fingerprint density at radius 3 is 1.95 bits per heavy atom. The van der Waals surface area contributed by atoms with Crippen LogP contribution in [-0.4, -0.2) is 11.3 Å². The number of hydrogen-bond donors (Lipinski definition) is 0. The number of hydrogen-bond acceptors (Lipinski definition) is 2. The molecule has 1 aliphatic carbocycles. The number of fused-ring (bicyclic) bond motifs is 11. The van der Waals surface area contributed by atoms with Crippen molar-refractivity contribution in [3.05, 3.63) is 174 Å². The summed E-state index contributed by atoms with van der Waals surface area (Å²) in [6.07, 6.45) is 2.35. The van der Waals surface area contributed by atoms with E-state index < -0.39 is 0 Å². The number of aryl methyl sites for hydroxylation is 1. The first kappa shape index (κ1) is 35.0. The highest BCUT2D eigenvalue weighted by molar-refractivity contribution is 6.90. The van der Waals surface area contributed by atoms with Crippen LogP contribution in [0.3, 0.4) is 0 Å². The van der Waals surface area contributed by atoms with Crippen molar-refractivity contribution in [3.63, 3.8) is 0 Å². The van der Waals surface area contributed by atoms with Gasteiger partial charge in [-0.2, -0.15) is 0 Å². The van der Waals surface area contributed by atoms with Crippen LogP contribution in [0.4, 0.5) is 17.1 Å². The van der Waals surface area contributed by atoms with Crippen LogP contribution in [-0.2, 0) is 10.8 Å². The summed E-state index contributed by atoms with van der Waals surface area (Å²) < 4.78 is 9.41. The molecule has 0 atom stereocenters. The molecule has 0 N–H and O–H groups in total. The van der Waals surface area contributed by atoms with Crippen LogP contribution < -0.4 is 15.8 Å². The van der Waals surface area contributed by atoms with Crippen molar-refractivity contribution in [2.45, 2.75) is 58.3 Å². The monoisotopic (exact) mass is 784 g/mol. The highest BCUT2D eigenvalue weighted by Crippen LogP contribution is 2.52. The van der Waals surface area contributed by atoms with E-state index >= 15 is 0 Å². The van der Waals surface area contributed by atoms with Crippen LogP contribution in [0.15, 0.2) is 162 Å². The van der Waals surface area contributed by atoms with Crippen LogP contribution in [0.25, 0.3) is 77.1 Å². The van der Waals surface area contributed by atoms with E-state index in [9.17, 15) is 0 Å². The average molecular weight is 785 g/mol. The van der Waals surface area contributed by atoms with Crippen LogP contribution in [0.5, 0.6) is 0 Å². The lowest BCUT2D eigenvalue weighted by atomic mass is 9.45. The lowest BCUT2D eigenvalue weighted by Crippen LogP contribution is -2.56. The Labute approximate surface area is 357 Å². The highest BCUT2D eigenvalue weighted by Gasteiger charge is 2.45. The maximum atomic E-state index is 6.72. The molecule has 0 radical (unpaired) electrons. The molecule has 61 heavy (non-hydrogen) atoms. The second-order valence-corrected chi connectivity index (χ2v) is 19.2. The first-order chi connectivity index (χ1) is 29.6. The normalized spacial score (nSPS) is 15.7. The van der Waals surface area contributed by atoms with Crippen LogP contribution in [0.1, 0.15) is 57.2 Å². The van der Waals surface area contributed by atoms with Crippen molar-refractivity contribution in [1.82, 2.24) is 4.48 Å². The van der Waals surface area contributed by atoms with E-state index in [0.717, 1.165) is 28.4 Å². The third kappa shape index (κ3) is 4.82. The molecular weight excluding hydrogens is 739 g/mol. The lowest BCUT2D eigenvalue weighted by molar-refractivity contribution is 0.332. The second-order valence-electron chi connectivity index (χ2n) is 19.2. The topological polar surface area (TPSA) is 21.3 Å². The minimum Gasteiger partial charge on any atom is -0.456 e. The molecule has 3 nitrogen and oxygen atoms in total. The molecule has 0 fully saturated rings. The van der Waals surface area contributed by atoms with Gasteiger partial charge in [0.2, 0.25) is 0 Å². The third-order valence-corrected chi connectivity index (χ3v) is 14.7. The van der Waals surface area contributed by atoms with Gasteiger partial charge in [-0.05, 0) is 128 Å². The van der Waals surface area contributed by atoms with Gasteiger partial charge in [0.25, 0.3) is 0 Å². The van der Waals surface area contributed by atoms with Crippen molar-refractivity contribution < 1.29 is 4.42 Å². The summed E-state index contributed by atoms with van der Waals surface area (Å²) in [5.41, 5.74) is 22.6. The molecule has 0 amide bonds. The second kappa shape index (κ2) is 12.2. The lowest BCUT2D eigenvalue weighted by Gasteiger charge is -2.44. The van der Waals surface area contributed by atoms with Gasteiger partial charge in [-0.25, -0.2) is 0 Å². The van der Waals surface area contributed by atoms with Gasteiger partial charge in [0.15, 0.2) is 0 Å². The van der Waals surface area contributed by atoms with Gasteiger partial charge in [-0.15, -0.1) is 0 Å². The molecule has 292 valence electrons. The zero-order valence-electron chi connectivity index (χ0n) is 35.3. The van der Waals surface area contributed by atoms with E-state index in [1.165, 1.54) is 106 Å². The summed E-state index contributed by atoms with van der Waals surface area (Å²) in [5, 5.41) is 4.87. The molecular formula is C57H45BN2O. The average Bonchev–Trinajstić information content (AvgIpc) is 3.81. The zero-order chi connectivity index (χ0) is 40.9. The first-order valence-corrected chi connectivity index (χ1v) is 21.9. The highest BCUT2D eigenvalue weighted by atomic mass is 16.3. The molecule has 0 bridgehead atoms. The predicted octanol–water partition coefficient (Wildman–Crippen LogP) is 14.1. The van der Waals surface area contributed by atoms with Crippen molar-refractivity contribution in [3.8, 4) is 33.4 Å². The maximum Gasteiger partial charge on any atom is 0.333 e. The molecule has 2 aromatic heterocycles. The molecule has 0 spiro atoms. The smallest absolute Gasteiger partial charge is 0.333 e. The Morgan fingerprint density at radius 1 is 0.492 bits per heavy atom. The van der Waals surface area contributed by atoms with Crippen molar-refractivity contribution in [2.75, 3.05) is 4.90 Å². The Kier molecular flexibility index (Phi) is 6.99. The molecule has 4 heteroatoms. The molecule has 13 rings (SSSR count). The standard InChI is InChI=1S/C57H45BN2O/c1-34-27-45-46(57(4,5)26-25-56(45,2)3)32-50(34)59-49-21-14-20-40-43-29-38(36-17-10-7-11-18-36)30-44-41-28-37(35-15-8-6-9-16-35)23-24-48(41)60(55(43)44)58(54(40)49)47-31-42-39-19-12-13-22-52(39)61-53(42)33-51(47)59/h6-24,27-33H,25-26H2,1-5H3. The van der Waals surface area contributed by atoms with Gasteiger partial charge in [0.1, 0.15) is 11.2 Å². The van der Waals surface area contributed by atoms with Gasteiger partial charge >= 0.3 is 6.85 Å². The summed E-state index contributed by atoms with van der Waals surface area (Å²) >= 11 is 0. The summed E-state index contributed by atoms with van der Waals surface area (Å²) in [6.45, 7) is 12.0. The fourth-order valence-corrected chi connectivity index (χ4v) is 11.5. The Bertz CT molecular complexity index is 3500. The Hall–Kier alpha value is -6.78. The zero-order valence-corrected chi connectivity index (χ0v) is 35.3. The quantitative estimate of drug-likeness (QED) is 0.166. The number of aromatic nitrogens is 1. The summed E-state index contributed by atoms with van der Waals surface area (Å²) in [5.74, 6) is 0. The van der Waals surface area contributed by atoms with Gasteiger partial charge in [0.05, 0.1) is 0 Å². The number of anilines is 3. The fraction of sp³-hybridized carbons (Fsp3) is 0.158. The van der Waals surface area contributed by atoms with E-state index in [0.29, 0.717) is 0 Å². The molecule has 0 saturated carbocycles. The van der Waals surface area contributed by atoms with E-state index in [1.807, 2.05) is 0 Å². The number of benzene rings is 8. The minimum atomic E-state index is -0.0681. The number of furan rings is 1. The predicted molar refractivity (Wildman–Crippen MR) is 258 cm³/mol. The van der Waals surface area contributed by atoms with Gasteiger partial charge in [-0.3, -0.25) is 0 Å². The molecule has 2 aliphatic heterocycles. The molecule has 10 aromatic rings. The van der Waals surface area contributed by atoms with E-state index in [-0.39, 0.29) is 17.7 Å². The SMILES string of the molecule is Cc1cc2c(cc1N1c3cc4oc5ccccc5c4cc3B3c4c(cccc41)-c1cc(-c4ccccc4)cc4c5cc(-c6ccccc6)ccc5n3c14)C(C)(C)CCC2(C)C. The summed E-state index contributed by atoms with van der Waals surface area (Å²) in [6, 6.07) is 59.2. The van der Waals surface area contributed by atoms with Crippen LogP contribution in [0, 0.1) is 6.92 Å². The maximum absolute atomic E-state index is 6.72. The van der Waals surface area contributed by atoms with Crippen molar-refractivity contribution in [1.29, 1.82) is 0 Å². The minimum absolute atomic E-state index is 0.0638. The first-order valence-electron chi connectivity index (χ1n) is 21.9. The van der Waals surface area contributed by atoms with E-state index in [4.69, 9.17) is 4.42 Å². The van der Waals surface area contributed by atoms with Gasteiger partial charge in [0, 0.05) is 61.3 Å². The Balaban J connectivity index is 1.17. The largest absolute Gasteiger partial charge is 0.456 e. The van der Waals surface area contributed by atoms with Gasteiger partial charge < -0.3 is 13.8 Å². The molecule has 3 aliphatic rings. The summed E-state index contributed by atoms with van der Waals surface area (Å²) in [4.78, 5) is 2.59. The molecule has 0 saturated heterocycles. The fourth-order valence-electron chi connectivity index (χ4n) is 11.5. The third-order valence-electron chi connectivity index (χ3n) is 14.7. The van der Waals surface area contributed by atoms with Gasteiger partial charge in [-0.1, -0.05) is 137 Å². The van der Waals surface area contributed by atoms with Crippen LogP contribution in [0.2, 0.25) is 0 Å². The van der Waals surface area contributed by atoms with Crippen LogP contribution >= 0.6 is 0 Å². The van der Waals surface area contributed by atoms with E-state index in [1.54, 1.807) is 0 Å². The molecule has 0 unspecified atom stereocenters. The summed E-state index contributed by atoms with van der Waals surface area (Å²) in [7, 11) is 0. The van der Waals surface area contributed by atoms with Crippen molar-refractivity contribution in [2.24, 2.45) is 0 Å². The molecule has 8 aromatic carbocycles. The number of rotatable bonds is 3. The molecule has 4 heterocycles.